The van der Waals surface area contributed by atoms with Crippen molar-refractivity contribution in [3.8, 4) is 0 Å². The number of rotatable bonds is 8. The van der Waals surface area contributed by atoms with Crippen LogP contribution in [0.3, 0.4) is 0 Å². The maximum absolute atomic E-state index is 13.0. The van der Waals surface area contributed by atoms with Crippen LogP contribution in [-0.4, -0.2) is 32.5 Å². The Morgan fingerprint density at radius 1 is 1.45 bits per heavy atom. The Morgan fingerprint density at radius 2 is 2.35 bits per heavy atom. The normalized spacial score (nSPS) is 18.6. The highest BCUT2D eigenvalue weighted by atomic mass is 35.5. The molecule has 1 aliphatic rings. The molecule has 1 aromatic carbocycles. The van der Waals surface area contributed by atoms with E-state index in [-0.39, 0.29) is 10.8 Å². The van der Waals surface area contributed by atoms with Gasteiger partial charge in [-0.1, -0.05) is 17.7 Å². The summed E-state index contributed by atoms with van der Waals surface area (Å²) < 4.78 is 24.0. The summed E-state index contributed by atoms with van der Waals surface area (Å²) in [5.41, 5.74) is 0.983. The number of hydrogen-bond donors (Lipinski definition) is 1. The van der Waals surface area contributed by atoms with E-state index in [4.69, 9.17) is 21.1 Å². The maximum atomic E-state index is 13.0. The highest BCUT2D eigenvalue weighted by molar-refractivity contribution is 6.30. The summed E-state index contributed by atoms with van der Waals surface area (Å²) in [5.74, 6) is -0.377. The van der Waals surface area contributed by atoms with Crippen LogP contribution in [0.2, 0.25) is 5.02 Å². The molecular formula is C15H21ClFNO2. The Labute approximate surface area is 124 Å². The topological polar surface area (TPSA) is 30.5 Å². The van der Waals surface area contributed by atoms with Crippen LogP contribution in [0.5, 0.6) is 0 Å². The molecule has 1 atom stereocenters. The van der Waals surface area contributed by atoms with Crippen LogP contribution in [-0.2, 0) is 16.0 Å². The van der Waals surface area contributed by atoms with Gasteiger partial charge in [0.2, 0.25) is 0 Å². The summed E-state index contributed by atoms with van der Waals surface area (Å²) in [6, 6.07) is 4.78. The van der Waals surface area contributed by atoms with Crippen molar-refractivity contribution in [2.24, 2.45) is 0 Å². The van der Waals surface area contributed by atoms with Crippen LogP contribution in [0.15, 0.2) is 18.2 Å². The van der Waals surface area contributed by atoms with E-state index in [0.717, 1.165) is 44.6 Å². The molecule has 5 heteroatoms. The molecule has 1 fully saturated rings. The van der Waals surface area contributed by atoms with Gasteiger partial charge in [-0.15, -0.1) is 0 Å². The molecule has 0 bridgehead atoms. The molecule has 0 radical (unpaired) electrons. The third-order valence-electron chi connectivity index (χ3n) is 3.28. The van der Waals surface area contributed by atoms with Crippen LogP contribution in [0.4, 0.5) is 4.39 Å². The second-order valence-electron chi connectivity index (χ2n) is 4.99. The average molecular weight is 302 g/mol. The van der Waals surface area contributed by atoms with E-state index in [1.807, 2.05) is 0 Å². The Kier molecular flexibility index (Phi) is 6.73. The third kappa shape index (κ3) is 5.37. The lowest BCUT2D eigenvalue weighted by Gasteiger charge is -2.10. The fourth-order valence-electron chi connectivity index (χ4n) is 2.17. The maximum Gasteiger partial charge on any atom is 0.141 e. The minimum Gasteiger partial charge on any atom is -0.379 e. The van der Waals surface area contributed by atoms with Gasteiger partial charge >= 0.3 is 0 Å². The van der Waals surface area contributed by atoms with Gasteiger partial charge in [0, 0.05) is 19.8 Å². The monoisotopic (exact) mass is 301 g/mol. The van der Waals surface area contributed by atoms with Crippen molar-refractivity contribution < 1.29 is 13.9 Å². The van der Waals surface area contributed by atoms with Gasteiger partial charge < -0.3 is 14.8 Å². The van der Waals surface area contributed by atoms with Gasteiger partial charge in [-0.2, -0.15) is 0 Å². The SMILES string of the molecule is Fc1ccc(CNCCCOCC2CCCO2)cc1Cl. The third-order valence-corrected chi connectivity index (χ3v) is 3.57. The van der Waals surface area contributed by atoms with Crippen molar-refractivity contribution in [3.05, 3.63) is 34.6 Å². The first-order valence-electron chi connectivity index (χ1n) is 7.09. The summed E-state index contributed by atoms with van der Waals surface area (Å²) in [5, 5.41) is 3.46. The van der Waals surface area contributed by atoms with E-state index in [1.54, 1.807) is 12.1 Å². The molecule has 1 heterocycles. The van der Waals surface area contributed by atoms with Crippen LogP contribution in [0, 0.1) is 5.82 Å². The summed E-state index contributed by atoms with van der Waals surface area (Å²) in [4.78, 5) is 0. The van der Waals surface area contributed by atoms with E-state index < -0.39 is 0 Å². The zero-order valence-corrected chi connectivity index (χ0v) is 12.3. The molecule has 1 aromatic rings. The van der Waals surface area contributed by atoms with Crippen molar-refractivity contribution >= 4 is 11.6 Å². The summed E-state index contributed by atoms with van der Waals surface area (Å²) >= 11 is 5.72. The van der Waals surface area contributed by atoms with E-state index in [0.29, 0.717) is 19.3 Å². The lowest BCUT2D eigenvalue weighted by molar-refractivity contribution is 0.0166. The fourth-order valence-corrected chi connectivity index (χ4v) is 2.38. The van der Waals surface area contributed by atoms with Crippen LogP contribution in [0.1, 0.15) is 24.8 Å². The van der Waals surface area contributed by atoms with Gasteiger partial charge in [0.25, 0.3) is 0 Å². The first-order chi connectivity index (χ1) is 9.75. The zero-order chi connectivity index (χ0) is 14.2. The second kappa shape index (κ2) is 8.57. The Bertz CT molecular complexity index is 411. The highest BCUT2D eigenvalue weighted by Gasteiger charge is 2.14. The minimum atomic E-state index is -0.377. The largest absolute Gasteiger partial charge is 0.379 e. The molecular weight excluding hydrogens is 281 g/mol. The number of nitrogens with one attached hydrogen (secondary N) is 1. The van der Waals surface area contributed by atoms with E-state index in [9.17, 15) is 4.39 Å². The molecule has 20 heavy (non-hydrogen) atoms. The quantitative estimate of drug-likeness (QED) is 0.748. The number of benzene rings is 1. The van der Waals surface area contributed by atoms with Gasteiger partial charge in [0.15, 0.2) is 0 Å². The molecule has 112 valence electrons. The highest BCUT2D eigenvalue weighted by Crippen LogP contribution is 2.15. The molecule has 1 saturated heterocycles. The molecule has 0 aromatic heterocycles. The van der Waals surface area contributed by atoms with Crippen LogP contribution < -0.4 is 5.32 Å². The Hall–Kier alpha value is -0.680. The molecule has 2 rings (SSSR count). The summed E-state index contributed by atoms with van der Waals surface area (Å²) in [7, 11) is 0. The van der Waals surface area contributed by atoms with E-state index >= 15 is 0 Å². The standard InChI is InChI=1S/C15H21ClFNO2/c16-14-9-12(4-5-15(14)17)10-18-6-2-7-19-11-13-3-1-8-20-13/h4-5,9,13,18H,1-3,6-8,10-11H2. The van der Waals surface area contributed by atoms with Crippen molar-refractivity contribution in [2.45, 2.75) is 31.9 Å². The lowest BCUT2D eigenvalue weighted by atomic mass is 10.2. The molecule has 3 nitrogen and oxygen atoms in total. The van der Waals surface area contributed by atoms with E-state index in [1.165, 1.54) is 6.07 Å². The average Bonchev–Trinajstić information content (AvgIpc) is 2.95. The Morgan fingerprint density at radius 3 is 3.10 bits per heavy atom. The molecule has 1 N–H and O–H groups in total. The fraction of sp³-hybridized carbons (Fsp3) is 0.600. The number of hydrogen-bond acceptors (Lipinski definition) is 3. The molecule has 1 aliphatic heterocycles. The first-order valence-corrected chi connectivity index (χ1v) is 7.47. The Balaban J connectivity index is 1.49. The number of halogens is 2. The van der Waals surface area contributed by atoms with E-state index in [2.05, 4.69) is 5.32 Å². The second-order valence-corrected chi connectivity index (χ2v) is 5.40. The molecule has 0 amide bonds. The summed E-state index contributed by atoms with van der Waals surface area (Å²) in [6.45, 7) is 3.85. The molecule has 0 saturated carbocycles. The molecule has 0 spiro atoms. The summed E-state index contributed by atoms with van der Waals surface area (Å²) in [6.07, 6.45) is 3.51. The molecule has 1 unspecified atom stereocenters. The molecule has 0 aliphatic carbocycles. The van der Waals surface area contributed by atoms with Gasteiger partial charge in [-0.25, -0.2) is 4.39 Å². The van der Waals surface area contributed by atoms with Gasteiger partial charge in [0.05, 0.1) is 17.7 Å². The van der Waals surface area contributed by atoms with Gasteiger partial charge in [-0.05, 0) is 43.5 Å². The van der Waals surface area contributed by atoms with Crippen molar-refractivity contribution in [1.29, 1.82) is 0 Å². The van der Waals surface area contributed by atoms with Crippen LogP contribution >= 0.6 is 11.6 Å². The van der Waals surface area contributed by atoms with Crippen LogP contribution in [0.25, 0.3) is 0 Å². The lowest BCUT2D eigenvalue weighted by Crippen LogP contribution is -2.19. The van der Waals surface area contributed by atoms with Gasteiger partial charge in [-0.3, -0.25) is 0 Å². The first kappa shape index (κ1) is 15.7. The van der Waals surface area contributed by atoms with Gasteiger partial charge in [0.1, 0.15) is 5.82 Å². The van der Waals surface area contributed by atoms with Crippen molar-refractivity contribution in [3.63, 3.8) is 0 Å². The zero-order valence-electron chi connectivity index (χ0n) is 11.5. The minimum absolute atomic E-state index is 0.171. The predicted molar refractivity (Wildman–Crippen MR) is 77.5 cm³/mol. The number of ether oxygens (including phenoxy) is 2. The van der Waals surface area contributed by atoms with Crippen molar-refractivity contribution in [2.75, 3.05) is 26.4 Å². The smallest absolute Gasteiger partial charge is 0.141 e. The predicted octanol–water partition coefficient (Wildman–Crippen LogP) is 3.15. The van der Waals surface area contributed by atoms with Crippen molar-refractivity contribution in [1.82, 2.24) is 5.32 Å².